The molecule has 0 aromatic heterocycles. The number of ether oxygens (including phenoxy) is 1. The lowest BCUT2D eigenvalue weighted by Gasteiger charge is -2.25. The minimum atomic E-state index is -4.48. The van der Waals surface area contributed by atoms with Crippen LogP contribution in [-0.2, 0) is 13.8 Å². The smallest absolute Gasteiger partial charge is 0.408 e. The highest BCUT2D eigenvalue weighted by atomic mass is 35.6. The third-order valence-electron chi connectivity index (χ3n) is 3.57. The number of amides is 1. The lowest BCUT2D eigenvalue weighted by molar-refractivity contribution is 0.0963. The monoisotopic (exact) mass is 527 g/mol. The van der Waals surface area contributed by atoms with E-state index in [1.165, 1.54) is 18.2 Å². The topological polar surface area (TPSA) is 102 Å². The summed E-state index contributed by atoms with van der Waals surface area (Å²) < 4.78 is 20.7. The Labute approximate surface area is 193 Å². The highest BCUT2D eigenvalue weighted by Gasteiger charge is 2.38. The molecule has 0 saturated heterocycles. The summed E-state index contributed by atoms with van der Waals surface area (Å²) >= 11 is 28.2. The van der Waals surface area contributed by atoms with Gasteiger partial charge < -0.3 is 19.5 Å². The van der Waals surface area contributed by atoms with Crippen molar-refractivity contribution in [1.29, 1.82) is 0 Å². The van der Waals surface area contributed by atoms with Crippen molar-refractivity contribution >= 4 is 77.5 Å². The normalized spacial score (nSPS) is 15.9. The number of benzene rings is 1. The molecule has 29 heavy (non-hydrogen) atoms. The average Bonchev–Trinajstić information content (AvgIpc) is 2.60. The molecule has 0 fully saturated rings. The molecule has 0 aliphatic rings. The van der Waals surface area contributed by atoms with Crippen molar-refractivity contribution in [3.63, 3.8) is 0 Å². The Morgan fingerprint density at radius 1 is 1.24 bits per heavy atom. The SMILES string of the molecule is CCC(C)O[P@@](=O)(O)C(CC(=O)c1ccc(Cl)c(Cl)c1)NC(=O)OCC(Cl)(Cl)Cl. The summed E-state index contributed by atoms with van der Waals surface area (Å²) in [6, 6.07) is 4.11. The van der Waals surface area contributed by atoms with Crippen molar-refractivity contribution in [2.45, 2.75) is 42.4 Å². The first-order valence-corrected chi connectivity index (χ1v) is 11.8. The number of alkyl carbamates (subject to hydrolysis) is 1. The van der Waals surface area contributed by atoms with E-state index in [1.54, 1.807) is 13.8 Å². The van der Waals surface area contributed by atoms with E-state index < -0.39 is 48.2 Å². The molecule has 0 heterocycles. The molecule has 2 N–H and O–H groups in total. The molecular formula is C16H19Cl5NO6P. The molecule has 7 nitrogen and oxygen atoms in total. The molecule has 3 atom stereocenters. The van der Waals surface area contributed by atoms with Crippen LogP contribution >= 0.6 is 65.6 Å². The van der Waals surface area contributed by atoms with E-state index in [0.29, 0.717) is 6.42 Å². The Bertz CT molecular complexity index is 788. The number of ketones is 1. The fourth-order valence-electron chi connectivity index (χ4n) is 1.94. The number of hydrogen-bond acceptors (Lipinski definition) is 5. The zero-order valence-electron chi connectivity index (χ0n) is 15.3. The van der Waals surface area contributed by atoms with E-state index in [1.807, 2.05) is 0 Å². The second kappa shape index (κ2) is 11.4. The van der Waals surface area contributed by atoms with E-state index >= 15 is 0 Å². The first-order chi connectivity index (χ1) is 13.2. The lowest BCUT2D eigenvalue weighted by atomic mass is 10.1. The van der Waals surface area contributed by atoms with Crippen molar-refractivity contribution < 1.29 is 28.3 Å². The first kappa shape index (κ1) is 26.8. The Morgan fingerprint density at radius 3 is 2.38 bits per heavy atom. The van der Waals surface area contributed by atoms with Crippen LogP contribution in [0.2, 0.25) is 10.0 Å². The number of rotatable bonds is 9. The highest BCUT2D eigenvalue weighted by molar-refractivity contribution is 7.53. The second-order valence-corrected chi connectivity index (χ2v) is 11.3. The Kier molecular flexibility index (Phi) is 10.5. The molecular weight excluding hydrogens is 510 g/mol. The fourth-order valence-corrected chi connectivity index (χ4v) is 3.88. The lowest BCUT2D eigenvalue weighted by Crippen LogP contribution is -2.38. The Balaban J connectivity index is 3.02. The van der Waals surface area contributed by atoms with Crippen LogP contribution in [0.4, 0.5) is 4.79 Å². The Morgan fingerprint density at radius 2 is 1.86 bits per heavy atom. The fraction of sp³-hybridized carbons (Fsp3) is 0.500. The molecule has 1 aromatic carbocycles. The van der Waals surface area contributed by atoms with Gasteiger partial charge in [0.1, 0.15) is 12.4 Å². The van der Waals surface area contributed by atoms with Crippen LogP contribution in [0.3, 0.4) is 0 Å². The van der Waals surface area contributed by atoms with Gasteiger partial charge in [-0.3, -0.25) is 9.36 Å². The molecule has 1 rings (SSSR count). The summed E-state index contributed by atoms with van der Waals surface area (Å²) in [6.07, 6.45) is -1.92. The van der Waals surface area contributed by atoms with Crippen LogP contribution in [0.25, 0.3) is 0 Å². The molecule has 0 saturated carbocycles. The van der Waals surface area contributed by atoms with Crippen LogP contribution in [0.15, 0.2) is 18.2 Å². The van der Waals surface area contributed by atoms with E-state index in [0.717, 1.165) is 0 Å². The number of hydrogen-bond donors (Lipinski definition) is 2. The van der Waals surface area contributed by atoms with Crippen LogP contribution in [-0.4, -0.2) is 39.1 Å². The van der Waals surface area contributed by atoms with Gasteiger partial charge in [0, 0.05) is 12.0 Å². The van der Waals surface area contributed by atoms with E-state index in [9.17, 15) is 19.0 Å². The summed E-state index contributed by atoms with van der Waals surface area (Å²) in [5.41, 5.74) is 0.129. The quantitative estimate of drug-likeness (QED) is 0.232. The Hall–Kier alpha value is -0.240. The summed E-state index contributed by atoms with van der Waals surface area (Å²) in [7, 11) is -4.48. The molecule has 0 aliphatic carbocycles. The number of carbonyl (C=O) groups is 2. The van der Waals surface area contributed by atoms with Crippen molar-refractivity contribution in [3.05, 3.63) is 33.8 Å². The van der Waals surface area contributed by atoms with Crippen LogP contribution in [0.5, 0.6) is 0 Å². The van der Waals surface area contributed by atoms with Gasteiger partial charge in [0.15, 0.2) is 5.78 Å². The van der Waals surface area contributed by atoms with E-state index in [2.05, 4.69) is 5.32 Å². The standard InChI is InChI=1S/C16H19Cl5NO6P/c1-3-9(2)28-29(25,26)14(22-15(24)27-8-16(19,20)21)7-13(23)10-4-5-11(17)12(18)6-10/h4-6,9,14H,3,7-8H2,1-2H3,(H,22,24)(H,25,26). The van der Waals surface area contributed by atoms with Crippen LogP contribution < -0.4 is 5.32 Å². The van der Waals surface area contributed by atoms with Crippen molar-refractivity contribution in [2.24, 2.45) is 0 Å². The van der Waals surface area contributed by atoms with Gasteiger partial charge in [-0.25, -0.2) is 4.79 Å². The van der Waals surface area contributed by atoms with Gasteiger partial charge in [0.05, 0.1) is 16.1 Å². The van der Waals surface area contributed by atoms with Gasteiger partial charge in [-0.15, -0.1) is 0 Å². The minimum absolute atomic E-state index is 0.129. The maximum atomic E-state index is 12.7. The van der Waals surface area contributed by atoms with Gasteiger partial charge >= 0.3 is 13.7 Å². The molecule has 0 spiro atoms. The molecule has 0 aliphatic heterocycles. The maximum absolute atomic E-state index is 12.7. The number of Topliss-reactive ketones (excluding diaryl/α,β-unsaturated/α-hetero) is 1. The van der Waals surface area contributed by atoms with Gasteiger partial charge in [0.25, 0.3) is 0 Å². The highest BCUT2D eigenvalue weighted by Crippen LogP contribution is 2.49. The average molecular weight is 530 g/mol. The number of nitrogens with one attached hydrogen (secondary N) is 1. The zero-order chi connectivity index (χ0) is 22.4. The van der Waals surface area contributed by atoms with E-state index in [4.69, 9.17) is 67.3 Å². The molecule has 2 unspecified atom stereocenters. The van der Waals surface area contributed by atoms with Crippen LogP contribution in [0, 0.1) is 0 Å². The third-order valence-corrected chi connectivity index (χ3v) is 6.40. The van der Waals surface area contributed by atoms with Gasteiger partial charge in [-0.1, -0.05) is 64.9 Å². The van der Waals surface area contributed by atoms with Gasteiger partial charge in [-0.05, 0) is 31.5 Å². The van der Waals surface area contributed by atoms with Crippen molar-refractivity contribution in [2.75, 3.05) is 6.61 Å². The summed E-state index contributed by atoms with van der Waals surface area (Å²) in [6.45, 7) is 2.70. The predicted molar refractivity (Wildman–Crippen MR) is 115 cm³/mol. The summed E-state index contributed by atoms with van der Waals surface area (Å²) in [5, 5.41) is 2.50. The maximum Gasteiger partial charge on any atom is 0.408 e. The summed E-state index contributed by atoms with van der Waals surface area (Å²) in [4.78, 5) is 34.9. The molecule has 164 valence electrons. The van der Waals surface area contributed by atoms with E-state index in [-0.39, 0.29) is 15.6 Å². The predicted octanol–water partition coefficient (Wildman–Crippen LogP) is 5.99. The van der Waals surface area contributed by atoms with Crippen LogP contribution in [0.1, 0.15) is 37.0 Å². The summed E-state index contributed by atoms with van der Waals surface area (Å²) in [5.74, 6) is -2.20. The first-order valence-electron chi connectivity index (χ1n) is 8.24. The number of carbonyl (C=O) groups excluding carboxylic acids is 2. The van der Waals surface area contributed by atoms with Crippen molar-refractivity contribution in [1.82, 2.24) is 5.32 Å². The zero-order valence-corrected chi connectivity index (χ0v) is 20.0. The third kappa shape index (κ3) is 9.62. The molecule has 0 bridgehead atoms. The number of alkyl halides is 3. The van der Waals surface area contributed by atoms with Gasteiger partial charge in [-0.2, -0.15) is 0 Å². The van der Waals surface area contributed by atoms with Crippen molar-refractivity contribution in [3.8, 4) is 0 Å². The minimum Gasteiger partial charge on any atom is -0.445 e. The molecule has 1 amide bonds. The molecule has 0 radical (unpaired) electrons. The largest absolute Gasteiger partial charge is 0.445 e. The molecule has 13 heteroatoms. The second-order valence-electron chi connectivity index (χ2n) is 6.00. The van der Waals surface area contributed by atoms with Gasteiger partial charge in [0.2, 0.25) is 3.79 Å². The number of halogens is 5. The molecule has 1 aromatic rings.